The van der Waals surface area contributed by atoms with E-state index in [2.05, 4.69) is 116 Å². The van der Waals surface area contributed by atoms with Gasteiger partial charge in [0.1, 0.15) is 0 Å². The molecule has 0 aromatic heterocycles. The standard InChI is InChI=1S/C30H54O2Si2/c1-29(2,3)33(7,8)31-27-25-23-21-19-17-15-13-11-12-14-16-18-20-22-24-26-28-32-34(9,10)30(4,5)6/h23-26H,15-22,27-28H2,1-10H3/b25-23+,26-24+. The molecular formula is C30H54O2Si2. The van der Waals surface area contributed by atoms with Crippen LogP contribution in [0.4, 0.5) is 0 Å². The summed E-state index contributed by atoms with van der Waals surface area (Å²) in [6.07, 6.45) is 17.5. The van der Waals surface area contributed by atoms with Crippen molar-refractivity contribution in [2.75, 3.05) is 13.2 Å². The first-order chi connectivity index (χ1) is 15.7. The molecule has 0 unspecified atom stereocenters. The zero-order chi connectivity index (χ0) is 26.1. The molecule has 0 amide bonds. The van der Waals surface area contributed by atoms with Crippen LogP contribution < -0.4 is 0 Å². The normalized spacial score (nSPS) is 13.1. The molecule has 0 fully saturated rings. The summed E-state index contributed by atoms with van der Waals surface area (Å²) in [7, 11) is -3.23. The Morgan fingerprint density at radius 2 is 0.912 bits per heavy atom. The van der Waals surface area contributed by atoms with Crippen molar-refractivity contribution in [2.24, 2.45) is 0 Å². The molecule has 0 aliphatic heterocycles. The second-order valence-electron chi connectivity index (χ2n) is 12.2. The Labute approximate surface area is 215 Å². The highest BCUT2D eigenvalue weighted by molar-refractivity contribution is 6.74. The topological polar surface area (TPSA) is 18.5 Å². The largest absolute Gasteiger partial charge is 0.413 e. The zero-order valence-corrected chi connectivity index (χ0v) is 26.2. The lowest BCUT2D eigenvalue weighted by Crippen LogP contribution is -2.40. The Morgan fingerprint density at radius 1 is 0.559 bits per heavy atom. The van der Waals surface area contributed by atoms with Gasteiger partial charge < -0.3 is 8.85 Å². The van der Waals surface area contributed by atoms with Gasteiger partial charge in [-0.25, -0.2) is 0 Å². The molecule has 0 N–H and O–H groups in total. The van der Waals surface area contributed by atoms with Crippen molar-refractivity contribution < 1.29 is 8.85 Å². The lowest BCUT2D eigenvalue weighted by atomic mass is 10.2. The highest BCUT2D eigenvalue weighted by atomic mass is 28.4. The van der Waals surface area contributed by atoms with E-state index in [0.29, 0.717) is 0 Å². The van der Waals surface area contributed by atoms with E-state index in [0.717, 1.165) is 51.7 Å². The predicted octanol–water partition coefficient (Wildman–Crippen LogP) is 9.27. The summed E-state index contributed by atoms with van der Waals surface area (Å²) in [5, 5.41) is 0.556. The minimum atomic E-state index is -1.62. The van der Waals surface area contributed by atoms with Crippen molar-refractivity contribution in [1.29, 1.82) is 0 Å². The van der Waals surface area contributed by atoms with E-state index in [1.54, 1.807) is 0 Å². The number of unbranched alkanes of at least 4 members (excludes halogenated alkanes) is 6. The Kier molecular flexibility index (Phi) is 16.1. The minimum absolute atomic E-state index is 0.278. The summed E-state index contributed by atoms with van der Waals surface area (Å²) >= 11 is 0. The molecule has 0 saturated heterocycles. The quantitative estimate of drug-likeness (QED) is 0.102. The van der Waals surface area contributed by atoms with E-state index in [4.69, 9.17) is 8.85 Å². The van der Waals surface area contributed by atoms with Crippen LogP contribution in [0.3, 0.4) is 0 Å². The SMILES string of the molecule is CC(C)(C)[Si](C)(C)OC/C=C/CCCCC#CC#CCCCC/C=C/CO[Si](C)(C)C(C)(C)C. The fraction of sp³-hybridized carbons (Fsp3) is 0.733. The molecule has 0 aromatic rings. The highest BCUT2D eigenvalue weighted by Crippen LogP contribution is 2.37. The molecular weight excluding hydrogens is 449 g/mol. The van der Waals surface area contributed by atoms with Gasteiger partial charge in [-0.1, -0.05) is 77.7 Å². The van der Waals surface area contributed by atoms with Gasteiger partial charge in [0.05, 0.1) is 13.2 Å². The molecule has 0 aliphatic carbocycles. The van der Waals surface area contributed by atoms with E-state index in [1.807, 2.05) is 0 Å². The number of hydrogen-bond donors (Lipinski definition) is 0. The first-order valence-electron chi connectivity index (χ1n) is 13.2. The van der Waals surface area contributed by atoms with Crippen molar-refractivity contribution in [2.45, 2.75) is 129 Å². The van der Waals surface area contributed by atoms with Crippen molar-refractivity contribution >= 4 is 16.6 Å². The van der Waals surface area contributed by atoms with Gasteiger partial charge in [0, 0.05) is 12.8 Å². The maximum absolute atomic E-state index is 6.15. The molecule has 0 radical (unpaired) electrons. The Hall–Kier alpha value is -1.05. The Morgan fingerprint density at radius 3 is 1.24 bits per heavy atom. The van der Waals surface area contributed by atoms with Gasteiger partial charge in [0.2, 0.25) is 0 Å². The highest BCUT2D eigenvalue weighted by Gasteiger charge is 2.37. The van der Waals surface area contributed by atoms with E-state index < -0.39 is 16.6 Å². The molecule has 34 heavy (non-hydrogen) atoms. The van der Waals surface area contributed by atoms with Crippen molar-refractivity contribution in [1.82, 2.24) is 0 Å². The summed E-state index contributed by atoms with van der Waals surface area (Å²) in [5.74, 6) is 12.4. The van der Waals surface area contributed by atoms with E-state index in [-0.39, 0.29) is 10.1 Å². The van der Waals surface area contributed by atoms with E-state index in [1.165, 1.54) is 12.8 Å². The third kappa shape index (κ3) is 15.8. The smallest absolute Gasteiger partial charge is 0.192 e. The summed E-state index contributed by atoms with van der Waals surface area (Å²) in [6.45, 7) is 24.4. The van der Waals surface area contributed by atoms with Crippen molar-refractivity contribution in [3.63, 3.8) is 0 Å². The summed E-state index contributed by atoms with van der Waals surface area (Å²) < 4.78 is 12.3. The van der Waals surface area contributed by atoms with Gasteiger partial charge in [-0.05, 0) is 86.6 Å². The van der Waals surface area contributed by atoms with Gasteiger partial charge in [-0.2, -0.15) is 0 Å². The summed E-state index contributed by atoms with van der Waals surface area (Å²) in [5.41, 5.74) is 0. The van der Waals surface area contributed by atoms with Gasteiger partial charge in [0.25, 0.3) is 0 Å². The Balaban J connectivity index is 3.72. The van der Waals surface area contributed by atoms with Crippen LogP contribution in [0.25, 0.3) is 0 Å². The maximum Gasteiger partial charge on any atom is 0.192 e. The third-order valence-corrected chi connectivity index (χ3v) is 16.1. The van der Waals surface area contributed by atoms with Crippen LogP contribution in [-0.4, -0.2) is 29.8 Å². The van der Waals surface area contributed by atoms with Crippen LogP contribution in [0.5, 0.6) is 0 Å². The number of allylic oxidation sites excluding steroid dienone is 2. The molecule has 0 bridgehead atoms. The predicted molar refractivity (Wildman–Crippen MR) is 157 cm³/mol. The molecule has 0 aliphatic rings. The first-order valence-corrected chi connectivity index (χ1v) is 19.1. The monoisotopic (exact) mass is 502 g/mol. The maximum atomic E-state index is 6.15. The number of rotatable bonds is 14. The molecule has 0 atom stereocenters. The van der Waals surface area contributed by atoms with Crippen LogP contribution in [0.2, 0.25) is 36.3 Å². The van der Waals surface area contributed by atoms with Crippen LogP contribution in [-0.2, 0) is 8.85 Å². The van der Waals surface area contributed by atoms with Gasteiger partial charge in [-0.15, -0.1) is 0 Å². The minimum Gasteiger partial charge on any atom is -0.413 e. The summed E-state index contributed by atoms with van der Waals surface area (Å²) in [4.78, 5) is 0. The molecule has 2 nitrogen and oxygen atoms in total. The fourth-order valence-corrected chi connectivity index (χ4v) is 4.37. The molecule has 4 heteroatoms. The van der Waals surface area contributed by atoms with Crippen LogP contribution in [0.15, 0.2) is 24.3 Å². The van der Waals surface area contributed by atoms with Crippen LogP contribution >= 0.6 is 0 Å². The van der Waals surface area contributed by atoms with Gasteiger partial charge in [0.15, 0.2) is 16.6 Å². The fourth-order valence-electron chi connectivity index (χ4n) is 2.48. The average Bonchev–Trinajstić information content (AvgIpc) is 2.70. The molecule has 194 valence electrons. The molecule has 0 spiro atoms. The van der Waals surface area contributed by atoms with Crippen molar-refractivity contribution in [3.8, 4) is 23.7 Å². The van der Waals surface area contributed by atoms with Gasteiger partial charge >= 0.3 is 0 Å². The van der Waals surface area contributed by atoms with E-state index >= 15 is 0 Å². The second-order valence-corrected chi connectivity index (χ2v) is 21.8. The molecule has 0 rings (SSSR count). The zero-order valence-electron chi connectivity index (χ0n) is 24.2. The van der Waals surface area contributed by atoms with Crippen molar-refractivity contribution in [3.05, 3.63) is 24.3 Å². The summed E-state index contributed by atoms with van der Waals surface area (Å²) in [6, 6.07) is 0. The van der Waals surface area contributed by atoms with Gasteiger partial charge in [-0.3, -0.25) is 0 Å². The molecule has 0 saturated carbocycles. The molecule has 0 aromatic carbocycles. The average molecular weight is 503 g/mol. The van der Waals surface area contributed by atoms with E-state index in [9.17, 15) is 0 Å². The Bertz CT molecular complexity index is 662. The second kappa shape index (κ2) is 16.6. The van der Waals surface area contributed by atoms with Crippen LogP contribution in [0, 0.1) is 23.7 Å². The van der Waals surface area contributed by atoms with Crippen LogP contribution in [0.1, 0.15) is 92.9 Å². The molecule has 0 heterocycles. The lowest BCUT2D eigenvalue weighted by Gasteiger charge is -2.35. The first kappa shape index (κ1) is 33.0. The third-order valence-electron chi connectivity index (χ3n) is 7.11. The number of hydrogen-bond acceptors (Lipinski definition) is 2. The lowest BCUT2D eigenvalue weighted by molar-refractivity contribution is 0.327.